The molecule has 5 nitrogen and oxygen atoms in total. The molecule has 0 atom stereocenters. The lowest BCUT2D eigenvalue weighted by molar-refractivity contribution is -0.116. The van der Waals surface area contributed by atoms with Gasteiger partial charge in [0.05, 0.1) is 11.7 Å². The highest BCUT2D eigenvalue weighted by atomic mass is 35.5. The summed E-state index contributed by atoms with van der Waals surface area (Å²) in [5.74, 6) is -0.153. The topological polar surface area (TPSA) is 64.0 Å². The van der Waals surface area contributed by atoms with E-state index >= 15 is 0 Å². The van der Waals surface area contributed by atoms with Gasteiger partial charge in [-0.15, -0.1) is 11.3 Å². The lowest BCUT2D eigenvalue weighted by Gasteiger charge is -2.11. The Morgan fingerprint density at radius 2 is 2.15 bits per heavy atom. The summed E-state index contributed by atoms with van der Waals surface area (Å²) in [6, 6.07) is 5.38. The second kappa shape index (κ2) is 7.44. The van der Waals surface area contributed by atoms with Crippen molar-refractivity contribution < 1.29 is 4.79 Å². The third-order valence-electron chi connectivity index (χ3n) is 5.00. The first-order chi connectivity index (χ1) is 13.0. The number of amides is 1. The highest BCUT2D eigenvalue weighted by molar-refractivity contribution is 7.18. The maximum Gasteiger partial charge on any atom is 0.262 e. The van der Waals surface area contributed by atoms with Crippen LogP contribution in [0.1, 0.15) is 35.3 Å². The molecule has 1 aliphatic carbocycles. The van der Waals surface area contributed by atoms with E-state index in [9.17, 15) is 9.59 Å². The number of nitrogens with one attached hydrogen (secondary N) is 1. The monoisotopic (exact) mass is 401 g/mol. The fourth-order valence-corrected chi connectivity index (χ4v) is 4.90. The number of carbonyl (C=O) groups excluding carboxylic acids is 1. The molecule has 27 heavy (non-hydrogen) atoms. The number of hydrogen-bond donors (Lipinski definition) is 1. The third-order valence-corrected chi connectivity index (χ3v) is 6.43. The summed E-state index contributed by atoms with van der Waals surface area (Å²) in [4.78, 5) is 31.8. The SMILES string of the molecule is Cc1ccc(Cl)cc1NC(=O)CCn1cnc2sc3c(c2c1=O)CCCC3. The molecular formula is C20H20ClN3O2S. The molecule has 0 spiro atoms. The number of hydrogen-bond acceptors (Lipinski definition) is 4. The Morgan fingerprint density at radius 3 is 3.00 bits per heavy atom. The van der Waals surface area contributed by atoms with Crippen LogP contribution in [0.3, 0.4) is 0 Å². The first kappa shape index (κ1) is 18.2. The molecule has 0 fully saturated rings. The molecule has 0 saturated heterocycles. The van der Waals surface area contributed by atoms with E-state index in [1.807, 2.05) is 13.0 Å². The molecule has 4 rings (SSSR count). The zero-order chi connectivity index (χ0) is 19.0. The van der Waals surface area contributed by atoms with Gasteiger partial charge in [-0.25, -0.2) is 4.98 Å². The molecule has 7 heteroatoms. The smallest absolute Gasteiger partial charge is 0.262 e. The molecule has 0 aliphatic heterocycles. The Labute approximate surface area is 166 Å². The van der Waals surface area contributed by atoms with E-state index < -0.39 is 0 Å². The van der Waals surface area contributed by atoms with E-state index in [2.05, 4.69) is 10.3 Å². The van der Waals surface area contributed by atoms with Gasteiger partial charge in [0.15, 0.2) is 0 Å². The summed E-state index contributed by atoms with van der Waals surface area (Å²) in [7, 11) is 0. The average molecular weight is 402 g/mol. The van der Waals surface area contributed by atoms with Gasteiger partial charge in [-0.1, -0.05) is 17.7 Å². The van der Waals surface area contributed by atoms with Crippen molar-refractivity contribution in [1.82, 2.24) is 9.55 Å². The number of thiophene rings is 1. The predicted octanol–water partition coefficient (Wildman–Crippen LogP) is 4.33. The van der Waals surface area contributed by atoms with Crippen LogP contribution in [0.15, 0.2) is 29.3 Å². The van der Waals surface area contributed by atoms with Crippen molar-refractivity contribution in [1.29, 1.82) is 0 Å². The number of aromatic nitrogens is 2. The number of fused-ring (bicyclic) bond motifs is 3. The highest BCUT2D eigenvalue weighted by Crippen LogP contribution is 2.33. The van der Waals surface area contributed by atoms with Gasteiger partial charge in [-0.2, -0.15) is 0 Å². The second-order valence-corrected chi connectivity index (χ2v) is 8.41. The van der Waals surface area contributed by atoms with Gasteiger partial charge < -0.3 is 5.32 Å². The van der Waals surface area contributed by atoms with E-state index in [-0.39, 0.29) is 17.9 Å². The molecule has 0 unspecified atom stereocenters. The van der Waals surface area contributed by atoms with Crippen LogP contribution in [0.25, 0.3) is 10.2 Å². The Bertz CT molecular complexity index is 1090. The van der Waals surface area contributed by atoms with Crippen LogP contribution < -0.4 is 10.9 Å². The van der Waals surface area contributed by atoms with Crippen molar-refractivity contribution in [3.8, 4) is 0 Å². The first-order valence-electron chi connectivity index (χ1n) is 9.08. The minimum absolute atomic E-state index is 0.0360. The van der Waals surface area contributed by atoms with Gasteiger partial charge in [0.2, 0.25) is 5.91 Å². The molecule has 1 amide bonds. The molecule has 1 aromatic carbocycles. The minimum atomic E-state index is -0.153. The van der Waals surface area contributed by atoms with E-state index in [0.717, 1.165) is 35.0 Å². The predicted molar refractivity (Wildman–Crippen MR) is 110 cm³/mol. The Kier molecular flexibility index (Phi) is 5.02. The zero-order valence-corrected chi connectivity index (χ0v) is 16.6. The van der Waals surface area contributed by atoms with Crippen LogP contribution in [0.5, 0.6) is 0 Å². The average Bonchev–Trinajstić information content (AvgIpc) is 3.03. The maximum atomic E-state index is 12.9. The maximum absolute atomic E-state index is 12.9. The number of carbonyl (C=O) groups is 1. The number of anilines is 1. The fourth-order valence-electron chi connectivity index (χ4n) is 3.50. The summed E-state index contributed by atoms with van der Waals surface area (Å²) in [6.45, 7) is 2.21. The van der Waals surface area contributed by atoms with Crippen molar-refractivity contribution in [3.05, 3.63) is 55.9 Å². The normalized spacial score (nSPS) is 13.6. The molecule has 0 radical (unpaired) electrons. The van der Waals surface area contributed by atoms with Crippen molar-refractivity contribution in [2.75, 3.05) is 5.32 Å². The van der Waals surface area contributed by atoms with Crippen molar-refractivity contribution in [2.24, 2.45) is 0 Å². The molecule has 140 valence electrons. The lowest BCUT2D eigenvalue weighted by atomic mass is 9.97. The molecule has 1 N–H and O–H groups in total. The molecule has 0 bridgehead atoms. The van der Waals surface area contributed by atoms with Crippen LogP contribution in [-0.4, -0.2) is 15.5 Å². The van der Waals surface area contributed by atoms with E-state index in [4.69, 9.17) is 11.6 Å². The number of nitrogens with zero attached hydrogens (tertiary/aromatic N) is 2. The fraction of sp³-hybridized carbons (Fsp3) is 0.350. The number of rotatable bonds is 4. The Morgan fingerprint density at radius 1 is 1.33 bits per heavy atom. The molecular weight excluding hydrogens is 382 g/mol. The third kappa shape index (κ3) is 3.64. The van der Waals surface area contributed by atoms with E-state index in [1.165, 1.54) is 16.9 Å². The first-order valence-corrected chi connectivity index (χ1v) is 10.3. The lowest BCUT2D eigenvalue weighted by Crippen LogP contribution is -2.24. The van der Waals surface area contributed by atoms with Crippen LogP contribution in [0, 0.1) is 6.92 Å². The largest absolute Gasteiger partial charge is 0.326 e. The summed E-state index contributed by atoms with van der Waals surface area (Å²) in [6.07, 6.45) is 6.05. The van der Waals surface area contributed by atoms with Crippen LogP contribution in [0.4, 0.5) is 5.69 Å². The second-order valence-electron chi connectivity index (χ2n) is 6.89. The number of halogens is 1. The minimum Gasteiger partial charge on any atom is -0.326 e. The standard InChI is InChI=1S/C20H20ClN3O2S/c1-12-6-7-13(21)10-15(12)23-17(25)8-9-24-11-22-19-18(20(24)26)14-4-2-3-5-16(14)27-19/h6-7,10-11H,2-5,8-9H2,1H3,(H,23,25). The number of aryl methyl sites for hydroxylation is 4. The zero-order valence-electron chi connectivity index (χ0n) is 15.0. The number of benzene rings is 1. The molecule has 0 saturated carbocycles. The summed E-state index contributed by atoms with van der Waals surface area (Å²) in [5, 5.41) is 4.19. The molecule has 2 heterocycles. The van der Waals surface area contributed by atoms with Crippen molar-refractivity contribution in [2.45, 2.75) is 45.6 Å². The van der Waals surface area contributed by atoms with Gasteiger partial charge in [0.1, 0.15) is 4.83 Å². The van der Waals surface area contributed by atoms with Crippen molar-refractivity contribution >= 4 is 44.7 Å². The Hall–Kier alpha value is -2.18. The Balaban J connectivity index is 1.52. The van der Waals surface area contributed by atoms with E-state index in [0.29, 0.717) is 17.3 Å². The van der Waals surface area contributed by atoms with Gasteiger partial charge >= 0.3 is 0 Å². The summed E-state index contributed by atoms with van der Waals surface area (Å²) in [5.41, 5.74) is 2.77. The van der Waals surface area contributed by atoms with Crippen LogP contribution >= 0.6 is 22.9 Å². The van der Waals surface area contributed by atoms with Crippen LogP contribution in [-0.2, 0) is 24.2 Å². The highest BCUT2D eigenvalue weighted by Gasteiger charge is 2.20. The van der Waals surface area contributed by atoms with Gasteiger partial charge in [0, 0.05) is 28.6 Å². The van der Waals surface area contributed by atoms with Gasteiger partial charge in [0.25, 0.3) is 5.56 Å². The quantitative estimate of drug-likeness (QED) is 0.707. The van der Waals surface area contributed by atoms with Crippen molar-refractivity contribution in [3.63, 3.8) is 0 Å². The van der Waals surface area contributed by atoms with E-state index in [1.54, 1.807) is 34.4 Å². The van der Waals surface area contributed by atoms with Gasteiger partial charge in [-0.05, 0) is 55.9 Å². The molecule has 2 aromatic heterocycles. The summed E-state index contributed by atoms with van der Waals surface area (Å²) < 4.78 is 1.55. The van der Waals surface area contributed by atoms with Gasteiger partial charge in [-0.3, -0.25) is 14.2 Å². The summed E-state index contributed by atoms with van der Waals surface area (Å²) >= 11 is 7.63. The van der Waals surface area contributed by atoms with Crippen LogP contribution in [0.2, 0.25) is 5.02 Å². The molecule has 1 aliphatic rings. The molecule has 3 aromatic rings.